The molecule has 0 aliphatic rings. The summed E-state index contributed by atoms with van der Waals surface area (Å²) in [5, 5.41) is 12.0. The maximum atomic E-state index is 8.92. The number of ether oxygens (including phenoxy) is 1. The van der Waals surface area contributed by atoms with E-state index in [9.17, 15) is 0 Å². The molecular formula is C11H22N6O2. The minimum absolute atomic E-state index is 0.210. The Labute approximate surface area is 112 Å². The highest BCUT2D eigenvalue weighted by atomic mass is 16.5. The first-order valence-electron chi connectivity index (χ1n) is 6.39. The van der Waals surface area contributed by atoms with Gasteiger partial charge in [-0.25, -0.2) is 5.84 Å². The van der Waals surface area contributed by atoms with E-state index >= 15 is 0 Å². The van der Waals surface area contributed by atoms with E-state index in [4.69, 9.17) is 15.7 Å². The molecule has 0 saturated carbocycles. The van der Waals surface area contributed by atoms with E-state index in [1.807, 2.05) is 13.8 Å². The van der Waals surface area contributed by atoms with E-state index in [1.165, 1.54) is 0 Å². The zero-order valence-electron chi connectivity index (χ0n) is 11.4. The van der Waals surface area contributed by atoms with Crippen molar-refractivity contribution in [2.24, 2.45) is 11.8 Å². The van der Waals surface area contributed by atoms with Gasteiger partial charge in [0.05, 0.1) is 6.61 Å². The molecule has 0 aliphatic carbocycles. The van der Waals surface area contributed by atoms with Crippen LogP contribution in [0, 0.1) is 5.92 Å². The van der Waals surface area contributed by atoms with Gasteiger partial charge in [-0.05, 0) is 25.7 Å². The summed E-state index contributed by atoms with van der Waals surface area (Å²) >= 11 is 0. The Bertz CT molecular complexity index is 376. The van der Waals surface area contributed by atoms with Crippen molar-refractivity contribution in [2.45, 2.75) is 26.7 Å². The molecule has 0 radical (unpaired) electrons. The standard InChI is InChI=1S/C11H22N6O2/c1-3-19-11-15-9(14-10(16-11)17-12)13-6-4-5-8(2)7-18/h8,18H,3-7,12H2,1-2H3,(H2,13,14,15,16,17). The van der Waals surface area contributed by atoms with Crippen LogP contribution in [0.25, 0.3) is 0 Å². The summed E-state index contributed by atoms with van der Waals surface area (Å²) in [6.07, 6.45) is 1.86. The largest absolute Gasteiger partial charge is 0.464 e. The van der Waals surface area contributed by atoms with Crippen LogP contribution in [0.5, 0.6) is 6.01 Å². The van der Waals surface area contributed by atoms with Crippen molar-refractivity contribution >= 4 is 11.9 Å². The van der Waals surface area contributed by atoms with E-state index in [0.717, 1.165) is 12.8 Å². The van der Waals surface area contributed by atoms with Crippen LogP contribution < -0.4 is 21.3 Å². The predicted octanol–water partition coefficient (Wildman–Crippen LogP) is 0.376. The van der Waals surface area contributed by atoms with Crippen molar-refractivity contribution in [1.82, 2.24) is 15.0 Å². The fraction of sp³-hybridized carbons (Fsp3) is 0.727. The molecule has 8 heteroatoms. The van der Waals surface area contributed by atoms with Crippen molar-refractivity contribution in [3.63, 3.8) is 0 Å². The van der Waals surface area contributed by atoms with E-state index < -0.39 is 0 Å². The van der Waals surface area contributed by atoms with Crippen LogP contribution in [-0.2, 0) is 0 Å². The Morgan fingerprint density at radius 2 is 2.05 bits per heavy atom. The number of nitrogen functional groups attached to an aromatic ring is 1. The number of aromatic nitrogens is 3. The molecule has 1 aromatic heterocycles. The molecule has 1 heterocycles. The van der Waals surface area contributed by atoms with Gasteiger partial charge in [0.2, 0.25) is 11.9 Å². The van der Waals surface area contributed by atoms with Crippen molar-refractivity contribution in [2.75, 3.05) is 30.5 Å². The lowest BCUT2D eigenvalue weighted by molar-refractivity contribution is 0.229. The number of hydrogen-bond acceptors (Lipinski definition) is 8. The molecule has 0 aromatic carbocycles. The van der Waals surface area contributed by atoms with E-state index in [2.05, 4.69) is 25.7 Å². The summed E-state index contributed by atoms with van der Waals surface area (Å²) in [6, 6.07) is 0.233. The third kappa shape index (κ3) is 5.66. The fourth-order valence-electron chi connectivity index (χ4n) is 1.44. The summed E-state index contributed by atoms with van der Waals surface area (Å²) in [7, 11) is 0. The number of nitrogens with one attached hydrogen (secondary N) is 2. The van der Waals surface area contributed by atoms with Crippen LogP contribution in [0.15, 0.2) is 0 Å². The summed E-state index contributed by atoms with van der Waals surface area (Å²) in [4.78, 5) is 12.1. The summed E-state index contributed by atoms with van der Waals surface area (Å²) in [5.74, 6) is 6.26. The van der Waals surface area contributed by atoms with E-state index in [-0.39, 0.29) is 18.6 Å². The average molecular weight is 270 g/mol. The Morgan fingerprint density at radius 3 is 2.68 bits per heavy atom. The van der Waals surface area contributed by atoms with Gasteiger partial charge in [-0.3, -0.25) is 5.43 Å². The quantitative estimate of drug-likeness (QED) is 0.289. The van der Waals surface area contributed by atoms with Gasteiger partial charge in [0.15, 0.2) is 0 Å². The Morgan fingerprint density at radius 1 is 1.32 bits per heavy atom. The lowest BCUT2D eigenvalue weighted by Crippen LogP contribution is -2.15. The molecule has 0 bridgehead atoms. The van der Waals surface area contributed by atoms with Gasteiger partial charge < -0.3 is 15.2 Å². The molecule has 0 aliphatic heterocycles. The van der Waals surface area contributed by atoms with Gasteiger partial charge in [-0.2, -0.15) is 15.0 Å². The molecule has 1 aromatic rings. The van der Waals surface area contributed by atoms with Crippen molar-refractivity contribution in [1.29, 1.82) is 0 Å². The van der Waals surface area contributed by atoms with Gasteiger partial charge in [0.25, 0.3) is 0 Å². The summed E-state index contributed by atoms with van der Waals surface area (Å²) < 4.78 is 5.22. The minimum atomic E-state index is 0.210. The Balaban J connectivity index is 2.49. The number of rotatable bonds is 9. The van der Waals surface area contributed by atoms with Gasteiger partial charge in [0, 0.05) is 13.2 Å². The molecule has 0 saturated heterocycles. The Hall–Kier alpha value is -1.67. The lowest BCUT2D eigenvalue weighted by Gasteiger charge is -2.10. The van der Waals surface area contributed by atoms with Gasteiger partial charge in [-0.15, -0.1) is 0 Å². The third-order valence-electron chi connectivity index (χ3n) is 2.49. The second-order valence-corrected chi connectivity index (χ2v) is 4.20. The van der Waals surface area contributed by atoms with Crippen molar-refractivity contribution in [3.05, 3.63) is 0 Å². The number of hydrogen-bond donors (Lipinski definition) is 4. The minimum Gasteiger partial charge on any atom is -0.464 e. The second kappa shape index (κ2) is 8.44. The summed E-state index contributed by atoms with van der Waals surface area (Å²) in [6.45, 7) is 5.25. The third-order valence-corrected chi connectivity index (χ3v) is 2.49. The van der Waals surface area contributed by atoms with Crippen LogP contribution >= 0.6 is 0 Å². The SMILES string of the molecule is CCOc1nc(NN)nc(NCCCC(C)CO)n1. The highest BCUT2D eigenvalue weighted by Crippen LogP contribution is 2.11. The molecule has 8 nitrogen and oxygen atoms in total. The fourth-order valence-corrected chi connectivity index (χ4v) is 1.44. The number of anilines is 2. The maximum Gasteiger partial charge on any atom is 0.323 e. The summed E-state index contributed by atoms with van der Waals surface area (Å²) in [5.41, 5.74) is 2.37. The first kappa shape index (κ1) is 15.4. The van der Waals surface area contributed by atoms with Crippen molar-refractivity contribution < 1.29 is 9.84 Å². The molecule has 1 unspecified atom stereocenters. The zero-order valence-corrected chi connectivity index (χ0v) is 11.4. The molecule has 19 heavy (non-hydrogen) atoms. The lowest BCUT2D eigenvalue weighted by atomic mass is 10.1. The van der Waals surface area contributed by atoms with Crippen LogP contribution in [-0.4, -0.2) is 39.8 Å². The smallest absolute Gasteiger partial charge is 0.323 e. The second-order valence-electron chi connectivity index (χ2n) is 4.20. The van der Waals surface area contributed by atoms with Crippen LogP contribution in [0.2, 0.25) is 0 Å². The topological polar surface area (TPSA) is 118 Å². The van der Waals surface area contributed by atoms with Gasteiger partial charge >= 0.3 is 6.01 Å². The van der Waals surface area contributed by atoms with Crippen LogP contribution in [0.3, 0.4) is 0 Å². The van der Waals surface area contributed by atoms with Crippen molar-refractivity contribution in [3.8, 4) is 6.01 Å². The van der Waals surface area contributed by atoms with Gasteiger partial charge in [-0.1, -0.05) is 6.92 Å². The van der Waals surface area contributed by atoms with Crippen LogP contribution in [0.4, 0.5) is 11.9 Å². The van der Waals surface area contributed by atoms with Gasteiger partial charge in [0.1, 0.15) is 0 Å². The monoisotopic (exact) mass is 270 g/mol. The maximum absolute atomic E-state index is 8.92. The number of hydrazine groups is 1. The van der Waals surface area contributed by atoms with E-state index in [1.54, 1.807) is 0 Å². The molecule has 108 valence electrons. The average Bonchev–Trinajstić information content (AvgIpc) is 2.43. The molecule has 0 amide bonds. The number of nitrogens with two attached hydrogens (primary N) is 1. The predicted molar refractivity (Wildman–Crippen MR) is 72.8 cm³/mol. The highest BCUT2D eigenvalue weighted by molar-refractivity contribution is 5.34. The molecule has 1 rings (SSSR count). The number of nitrogens with zero attached hydrogens (tertiary/aromatic N) is 3. The zero-order chi connectivity index (χ0) is 14.1. The first-order valence-corrected chi connectivity index (χ1v) is 6.39. The normalized spacial score (nSPS) is 12.0. The molecular weight excluding hydrogens is 248 g/mol. The Kier molecular flexibility index (Phi) is 6.83. The highest BCUT2D eigenvalue weighted by Gasteiger charge is 2.06. The van der Waals surface area contributed by atoms with E-state index in [0.29, 0.717) is 25.0 Å². The molecule has 0 fully saturated rings. The molecule has 5 N–H and O–H groups in total. The van der Waals surface area contributed by atoms with Crippen LogP contribution in [0.1, 0.15) is 26.7 Å². The molecule has 1 atom stereocenters. The first-order chi connectivity index (χ1) is 9.19. The molecule has 0 spiro atoms. The number of aliphatic hydroxyl groups excluding tert-OH is 1. The number of aliphatic hydroxyl groups is 1.